The second kappa shape index (κ2) is 10.6. The zero-order valence-electron chi connectivity index (χ0n) is 17.4. The molecule has 2 atom stereocenters. The molecule has 156 valence electrons. The van der Waals surface area contributed by atoms with Crippen LogP contribution in [-0.4, -0.2) is 29.8 Å². The molecular weight excluding hydrogens is 370 g/mol. The Hall–Kier alpha value is -2.86. The van der Waals surface area contributed by atoms with E-state index in [0.717, 1.165) is 11.1 Å². The van der Waals surface area contributed by atoms with Crippen molar-refractivity contribution in [2.75, 3.05) is 0 Å². The van der Waals surface area contributed by atoms with Gasteiger partial charge < -0.3 is 19.5 Å². The lowest BCUT2D eigenvalue weighted by Gasteiger charge is -2.26. The van der Waals surface area contributed by atoms with E-state index < -0.39 is 29.8 Å². The summed E-state index contributed by atoms with van der Waals surface area (Å²) in [5.74, 6) is -0.583. The Balaban J connectivity index is 2.02. The molecule has 1 amide bonds. The number of ether oxygens (including phenoxy) is 3. The minimum absolute atomic E-state index is 0.109. The average molecular weight is 399 g/mol. The van der Waals surface area contributed by atoms with Crippen molar-refractivity contribution in [2.45, 2.75) is 58.7 Å². The van der Waals surface area contributed by atoms with Crippen molar-refractivity contribution < 1.29 is 23.8 Å². The van der Waals surface area contributed by atoms with E-state index in [0.29, 0.717) is 6.61 Å². The van der Waals surface area contributed by atoms with Crippen LogP contribution in [0.1, 0.15) is 38.8 Å². The molecule has 0 bridgehead atoms. The molecule has 0 fully saturated rings. The first-order chi connectivity index (χ1) is 13.7. The van der Waals surface area contributed by atoms with E-state index >= 15 is 0 Å². The van der Waals surface area contributed by atoms with E-state index in [9.17, 15) is 9.59 Å². The third kappa shape index (κ3) is 8.35. The average Bonchev–Trinajstić information content (AvgIpc) is 2.68. The zero-order valence-corrected chi connectivity index (χ0v) is 17.4. The van der Waals surface area contributed by atoms with Crippen molar-refractivity contribution in [1.82, 2.24) is 5.32 Å². The number of hydrogen-bond acceptors (Lipinski definition) is 5. The number of esters is 1. The summed E-state index contributed by atoms with van der Waals surface area (Å²) in [6, 6.07) is 17.9. The second-order valence-electron chi connectivity index (χ2n) is 7.72. The minimum atomic E-state index is -1.00. The molecule has 0 saturated carbocycles. The molecule has 0 aliphatic heterocycles. The summed E-state index contributed by atoms with van der Waals surface area (Å²) < 4.78 is 16.5. The fraction of sp³-hybridized carbons (Fsp3) is 0.391. The first-order valence-corrected chi connectivity index (χ1v) is 9.60. The topological polar surface area (TPSA) is 73.9 Å². The molecule has 29 heavy (non-hydrogen) atoms. The van der Waals surface area contributed by atoms with Crippen LogP contribution in [0, 0.1) is 0 Å². The van der Waals surface area contributed by atoms with Gasteiger partial charge in [0.15, 0.2) is 6.04 Å². The fourth-order valence-corrected chi connectivity index (χ4v) is 2.52. The molecule has 6 heteroatoms. The number of hydrogen-bond donors (Lipinski definition) is 1. The lowest BCUT2D eigenvalue weighted by atomic mass is 10.1. The summed E-state index contributed by atoms with van der Waals surface area (Å²) in [5, 5.41) is 2.58. The quantitative estimate of drug-likeness (QED) is 0.673. The highest BCUT2D eigenvalue weighted by atomic mass is 16.6. The summed E-state index contributed by atoms with van der Waals surface area (Å²) >= 11 is 0. The van der Waals surface area contributed by atoms with Gasteiger partial charge in [-0.05, 0) is 38.8 Å². The van der Waals surface area contributed by atoms with Crippen LogP contribution in [0.3, 0.4) is 0 Å². The van der Waals surface area contributed by atoms with E-state index in [4.69, 9.17) is 14.2 Å². The van der Waals surface area contributed by atoms with Gasteiger partial charge in [0.1, 0.15) is 12.2 Å². The molecule has 0 saturated heterocycles. The van der Waals surface area contributed by atoms with Crippen LogP contribution in [0.15, 0.2) is 60.7 Å². The van der Waals surface area contributed by atoms with Crippen molar-refractivity contribution in [3.8, 4) is 0 Å². The molecule has 1 N–H and O–H groups in total. The predicted molar refractivity (Wildman–Crippen MR) is 110 cm³/mol. The number of benzene rings is 2. The maximum Gasteiger partial charge on any atom is 0.408 e. The highest BCUT2D eigenvalue weighted by Crippen LogP contribution is 2.12. The second-order valence-corrected chi connectivity index (χ2v) is 7.72. The van der Waals surface area contributed by atoms with Gasteiger partial charge in [-0.1, -0.05) is 60.7 Å². The summed E-state index contributed by atoms with van der Waals surface area (Å²) in [6.45, 7) is 7.40. The zero-order chi connectivity index (χ0) is 21.3. The molecule has 0 aliphatic rings. The van der Waals surface area contributed by atoms with Crippen molar-refractivity contribution in [1.29, 1.82) is 0 Å². The van der Waals surface area contributed by atoms with Gasteiger partial charge in [0.05, 0.1) is 12.7 Å². The minimum Gasteiger partial charge on any atom is -0.459 e. The summed E-state index contributed by atoms with van der Waals surface area (Å²) in [5.41, 5.74) is 1.14. The highest BCUT2D eigenvalue weighted by Gasteiger charge is 2.31. The standard InChI is InChI=1S/C23H29NO5/c1-17(27-15-18-11-7-5-8-12-18)20(24-22(26)29-23(2,3)4)21(25)28-16-19-13-9-6-10-14-19/h5-14,17,20H,15-16H2,1-4H3,(H,24,26)/t17-,20?/m1/s1. The summed E-state index contributed by atoms with van der Waals surface area (Å²) in [6.07, 6.45) is -1.32. The van der Waals surface area contributed by atoms with Gasteiger partial charge in [0.25, 0.3) is 0 Å². The molecule has 2 rings (SSSR count). The molecule has 0 spiro atoms. The van der Waals surface area contributed by atoms with Crippen LogP contribution in [0.4, 0.5) is 4.79 Å². The monoisotopic (exact) mass is 399 g/mol. The Labute approximate surface area is 172 Å². The van der Waals surface area contributed by atoms with Gasteiger partial charge >= 0.3 is 12.1 Å². The van der Waals surface area contributed by atoms with Crippen LogP contribution < -0.4 is 5.32 Å². The Bertz CT molecular complexity index is 771. The lowest BCUT2D eigenvalue weighted by molar-refractivity contribution is -0.151. The third-order valence-corrected chi connectivity index (χ3v) is 3.98. The Morgan fingerprint density at radius 3 is 1.93 bits per heavy atom. The SMILES string of the molecule is C[C@@H](OCc1ccccc1)C(NC(=O)OC(C)(C)C)C(=O)OCc1ccccc1. The van der Waals surface area contributed by atoms with Crippen LogP contribution in [0.5, 0.6) is 0 Å². The Morgan fingerprint density at radius 2 is 1.41 bits per heavy atom. The molecule has 0 radical (unpaired) electrons. The van der Waals surface area contributed by atoms with Gasteiger partial charge in [-0.25, -0.2) is 9.59 Å². The number of alkyl carbamates (subject to hydrolysis) is 1. The number of nitrogens with one attached hydrogen (secondary N) is 1. The summed E-state index contributed by atoms with van der Waals surface area (Å²) in [4.78, 5) is 24.9. The van der Waals surface area contributed by atoms with Crippen LogP contribution >= 0.6 is 0 Å². The Morgan fingerprint density at radius 1 is 0.897 bits per heavy atom. The van der Waals surface area contributed by atoms with Crippen molar-refractivity contribution in [3.63, 3.8) is 0 Å². The van der Waals surface area contributed by atoms with Crippen LogP contribution in [0.2, 0.25) is 0 Å². The van der Waals surface area contributed by atoms with Crippen LogP contribution in [-0.2, 0) is 32.2 Å². The first-order valence-electron chi connectivity index (χ1n) is 9.60. The number of carbonyl (C=O) groups is 2. The van der Waals surface area contributed by atoms with Gasteiger partial charge in [0, 0.05) is 0 Å². The maximum absolute atomic E-state index is 12.7. The van der Waals surface area contributed by atoms with Crippen LogP contribution in [0.25, 0.3) is 0 Å². The summed E-state index contributed by atoms with van der Waals surface area (Å²) in [7, 11) is 0. The predicted octanol–water partition coefficient (Wildman–Crippen LogP) is 4.23. The molecule has 0 aliphatic carbocycles. The molecule has 0 aromatic heterocycles. The van der Waals surface area contributed by atoms with Crippen molar-refractivity contribution in [3.05, 3.63) is 71.8 Å². The van der Waals surface area contributed by atoms with E-state index in [-0.39, 0.29) is 6.61 Å². The first kappa shape index (κ1) is 22.4. The molecule has 1 unspecified atom stereocenters. The maximum atomic E-state index is 12.7. The number of amides is 1. The van der Waals surface area contributed by atoms with Gasteiger partial charge in [0.2, 0.25) is 0 Å². The normalized spacial score (nSPS) is 13.2. The van der Waals surface area contributed by atoms with E-state index in [2.05, 4.69) is 5.32 Å². The van der Waals surface area contributed by atoms with E-state index in [1.807, 2.05) is 60.7 Å². The molecule has 6 nitrogen and oxygen atoms in total. The third-order valence-electron chi connectivity index (χ3n) is 3.98. The number of rotatable bonds is 8. The highest BCUT2D eigenvalue weighted by molar-refractivity contribution is 5.82. The van der Waals surface area contributed by atoms with E-state index in [1.54, 1.807) is 27.7 Å². The largest absolute Gasteiger partial charge is 0.459 e. The fourth-order valence-electron chi connectivity index (χ4n) is 2.52. The number of carbonyl (C=O) groups excluding carboxylic acids is 2. The van der Waals surface area contributed by atoms with Crippen molar-refractivity contribution >= 4 is 12.1 Å². The molecule has 0 heterocycles. The van der Waals surface area contributed by atoms with E-state index in [1.165, 1.54) is 0 Å². The molecular formula is C23H29NO5. The molecule has 2 aromatic carbocycles. The van der Waals surface area contributed by atoms with Gasteiger partial charge in [-0.3, -0.25) is 0 Å². The Kier molecular flexibility index (Phi) is 8.21. The van der Waals surface area contributed by atoms with Gasteiger partial charge in [-0.15, -0.1) is 0 Å². The lowest BCUT2D eigenvalue weighted by Crippen LogP contribution is -2.50. The van der Waals surface area contributed by atoms with Gasteiger partial charge in [-0.2, -0.15) is 0 Å². The van der Waals surface area contributed by atoms with Crippen molar-refractivity contribution in [2.24, 2.45) is 0 Å². The smallest absolute Gasteiger partial charge is 0.408 e. The molecule has 2 aromatic rings.